The van der Waals surface area contributed by atoms with Gasteiger partial charge in [0.05, 0.1) is 6.61 Å². The van der Waals surface area contributed by atoms with Gasteiger partial charge in [-0.25, -0.2) is 0 Å². The van der Waals surface area contributed by atoms with Crippen molar-refractivity contribution in [1.82, 2.24) is 0 Å². The minimum atomic E-state index is -0.0472. The highest BCUT2D eigenvalue weighted by molar-refractivity contribution is 5.69. The summed E-state index contributed by atoms with van der Waals surface area (Å²) in [6, 6.07) is 0. The fourth-order valence-electron chi connectivity index (χ4n) is 0.991. The molecule has 0 spiro atoms. The van der Waals surface area contributed by atoms with E-state index in [9.17, 15) is 4.79 Å². The molecule has 0 unspecified atom stereocenters. The zero-order valence-electron chi connectivity index (χ0n) is 8.27. The first-order chi connectivity index (χ1) is 5.81. The van der Waals surface area contributed by atoms with Crippen molar-refractivity contribution >= 4 is 5.97 Å². The Morgan fingerprint density at radius 2 is 1.83 bits per heavy atom. The Morgan fingerprint density at radius 1 is 1.08 bits per heavy atom. The van der Waals surface area contributed by atoms with E-state index in [1.165, 1.54) is 19.3 Å². The molecule has 0 aliphatic rings. The molecule has 0 amide bonds. The van der Waals surface area contributed by atoms with Crippen LogP contribution in [-0.2, 0) is 9.53 Å². The van der Waals surface area contributed by atoms with Crippen LogP contribution in [0.25, 0.3) is 0 Å². The maximum absolute atomic E-state index is 10.9. The van der Waals surface area contributed by atoms with Crippen molar-refractivity contribution in [3.63, 3.8) is 0 Å². The van der Waals surface area contributed by atoms with Crippen molar-refractivity contribution in [3.05, 3.63) is 0 Å². The highest BCUT2D eigenvalue weighted by Gasteiger charge is 1.98. The summed E-state index contributed by atoms with van der Waals surface area (Å²) in [5.41, 5.74) is 0. The number of unbranched alkanes of at least 4 members (excludes halogenated alkanes) is 3. The lowest BCUT2D eigenvalue weighted by molar-refractivity contribution is -0.143. The number of hydrogen-bond donors (Lipinski definition) is 0. The highest BCUT2D eigenvalue weighted by atomic mass is 16.5. The van der Waals surface area contributed by atoms with Crippen molar-refractivity contribution in [1.29, 1.82) is 0 Å². The molecule has 0 fully saturated rings. The molecule has 0 aliphatic heterocycles. The summed E-state index contributed by atoms with van der Waals surface area (Å²) in [7, 11) is 0. The number of rotatable bonds is 7. The second kappa shape index (κ2) is 8.57. The summed E-state index contributed by atoms with van der Waals surface area (Å²) in [5, 5.41) is 0. The summed E-state index contributed by atoms with van der Waals surface area (Å²) in [4.78, 5) is 10.9. The monoisotopic (exact) mass is 172 g/mol. The SMILES string of the molecule is CCCCCCOC(=O)CCC. The van der Waals surface area contributed by atoms with Crippen LogP contribution in [0.4, 0.5) is 0 Å². The predicted molar refractivity (Wildman–Crippen MR) is 50.0 cm³/mol. The van der Waals surface area contributed by atoms with Crippen LogP contribution >= 0.6 is 0 Å². The smallest absolute Gasteiger partial charge is 0.305 e. The topological polar surface area (TPSA) is 26.3 Å². The molecule has 0 heterocycles. The minimum absolute atomic E-state index is 0.0472. The number of hydrogen-bond acceptors (Lipinski definition) is 2. The quantitative estimate of drug-likeness (QED) is 0.436. The molecule has 0 radical (unpaired) electrons. The Hall–Kier alpha value is -0.530. The summed E-state index contributed by atoms with van der Waals surface area (Å²) in [6.07, 6.45) is 6.11. The average Bonchev–Trinajstić information content (AvgIpc) is 2.05. The molecule has 0 aliphatic carbocycles. The number of carbonyl (C=O) groups is 1. The Labute approximate surface area is 75.3 Å². The lowest BCUT2D eigenvalue weighted by Gasteiger charge is -2.02. The van der Waals surface area contributed by atoms with Crippen LogP contribution in [0.15, 0.2) is 0 Å². The standard InChI is InChI=1S/C10H20O2/c1-3-5-6-7-9-12-10(11)8-4-2/h3-9H2,1-2H3. The minimum Gasteiger partial charge on any atom is -0.466 e. The number of ether oxygens (including phenoxy) is 1. The van der Waals surface area contributed by atoms with Gasteiger partial charge >= 0.3 is 5.97 Å². The van der Waals surface area contributed by atoms with Gasteiger partial charge in [0, 0.05) is 6.42 Å². The van der Waals surface area contributed by atoms with E-state index >= 15 is 0 Å². The Kier molecular flexibility index (Phi) is 8.19. The van der Waals surface area contributed by atoms with E-state index in [0.29, 0.717) is 13.0 Å². The molecule has 0 saturated carbocycles. The van der Waals surface area contributed by atoms with Crippen LogP contribution in [-0.4, -0.2) is 12.6 Å². The van der Waals surface area contributed by atoms with Gasteiger partial charge in [0.25, 0.3) is 0 Å². The molecule has 0 N–H and O–H groups in total. The molecule has 0 bridgehead atoms. The maximum atomic E-state index is 10.9. The molecule has 0 rings (SSSR count). The normalized spacial score (nSPS) is 9.83. The first-order valence-corrected chi connectivity index (χ1v) is 4.96. The zero-order chi connectivity index (χ0) is 9.23. The predicted octanol–water partition coefficient (Wildman–Crippen LogP) is 2.91. The van der Waals surface area contributed by atoms with Crippen molar-refractivity contribution in [2.45, 2.75) is 52.4 Å². The van der Waals surface area contributed by atoms with Crippen molar-refractivity contribution in [3.8, 4) is 0 Å². The molecule has 12 heavy (non-hydrogen) atoms. The zero-order valence-corrected chi connectivity index (χ0v) is 8.27. The van der Waals surface area contributed by atoms with Crippen molar-refractivity contribution < 1.29 is 9.53 Å². The van der Waals surface area contributed by atoms with E-state index in [1.807, 2.05) is 6.92 Å². The van der Waals surface area contributed by atoms with Gasteiger partial charge in [0.1, 0.15) is 0 Å². The van der Waals surface area contributed by atoms with E-state index < -0.39 is 0 Å². The van der Waals surface area contributed by atoms with Crippen LogP contribution < -0.4 is 0 Å². The number of esters is 1. The largest absolute Gasteiger partial charge is 0.466 e. The Balaban J connectivity index is 3.03. The van der Waals surface area contributed by atoms with Gasteiger partial charge < -0.3 is 4.74 Å². The molecule has 0 aromatic heterocycles. The van der Waals surface area contributed by atoms with Crippen molar-refractivity contribution in [2.24, 2.45) is 0 Å². The van der Waals surface area contributed by atoms with Crippen LogP contribution in [0, 0.1) is 0 Å². The third-order valence-electron chi connectivity index (χ3n) is 1.72. The van der Waals surface area contributed by atoms with Crippen LogP contribution in [0.1, 0.15) is 52.4 Å². The Morgan fingerprint density at radius 3 is 2.42 bits per heavy atom. The van der Waals surface area contributed by atoms with E-state index in [0.717, 1.165) is 12.8 Å². The van der Waals surface area contributed by atoms with Gasteiger partial charge in [-0.2, -0.15) is 0 Å². The van der Waals surface area contributed by atoms with Crippen LogP contribution in [0.5, 0.6) is 0 Å². The summed E-state index contributed by atoms with van der Waals surface area (Å²) in [5.74, 6) is -0.0472. The number of carbonyl (C=O) groups excluding carboxylic acids is 1. The molecule has 0 aromatic carbocycles. The summed E-state index contributed by atoms with van der Waals surface area (Å²) in [6.45, 7) is 4.76. The second-order valence-electron chi connectivity index (χ2n) is 3.03. The fraction of sp³-hybridized carbons (Fsp3) is 0.900. The summed E-state index contributed by atoms with van der Waals surface area (Å²) >= 11 is 0. The molecular formula is C10H20O2. The third kappa shape index (κ3) is 7.58. The molecule has 2 nitrogen and oxygen atoms in total. The van der Waals surface area contributed by atoms with Crippen molar-refractivity contribution in [2.75, 3.05) is 6.61 Å². The van der Waals surface area contributed by atoms with Gasteiger partial charge in [-0.1, -0.05) is 33.1 Å². The van der Waals surface area contributed by atoms with Gasteiger partial charge in [0.2, 0.25) is 0 Å². The summed E-state index contributed by atoms with van der Waals surface area (Å²) < 4.78 is 4.99. The molecule has 0 atom stereocenters. The van der Waals surface area contributed by atoms with E-state index in [2.05, 4.69) is 6.92 Å². The second-order valence-corrected chi connectivity index (χ2v) is 3.03. The highest BCUT2D eigenvalue weighted by Crippen LogP contribution is 2.00. The van der Waals surface area contributed by atoms with Gasteiger partial charge in [0.15, 0.2) is 0 Å². The van der Waals surface area contributed by atoms with Gasteiger partial charge in [-0.05, 0) is 12.8 Å². The molecule has 2 heteroatoms. The Bertz CT molecular complexity index is 110. The lowest BCUT2D eigenvalue weighted by Crippen LogP contribution is -2.04. The first-order valence-electron chi connectivity index (χ1n) is 4.96. The third-order valence-corrected chi connectivity index (χ3v) is 1.72. The van der Waals surface area contributed by atoms with E-state index in [-0.39, 0.29) is 5.97 Å². The maximum Gasteiger partial charge on any atom is 0.305 e. The van der Waals surface area contributed by atoms with Crippen LogP contribution in [0.3, 0.4) is 0 Å². The van der Waals surface area contributed by atoms with Gasteiger partial charge in [-0.15, -0.1) is 0 Å². The van der Waals surface area contributed by atoms with Gasteiger partial charge in [-0.3, -0.25) is 4.79 Å². The lowest BCUT2D eigenvalue weighted by atomic mass is 10.2. The molecular weight excluding hydrogens is 152 g/mol. The first kappa shape index (κ1) is 11.5. The molecule has 0 aromatic rings. The molecule has 72 valence electrons. The van der Waals surface area contributed by atoms with E-state index in [4.69, 9.17) is 4.74 Å². The average molecular weight is 172 g/mol. The van der Waals surface area contributed by atoms with Crippen LogP contribution in [0.2, 0.25) is 0 Å². The fourth-order valence-corrected chi connectivity index (χ4v) is 0.991. The molecule has 0 saturated heterocycles. The van der Waals surface area contributed by atoms with E-state index in [1.54, 1.807) is 0 Å².